The van der Waals surface area contributed by atoms with Gasteiger partial charge in [0.25, 0.3) is 5.91 Å². The van der Waals surface area contributed by atoms with Crippen LogP contribution in [0.4, 0.5) is 5.69 Å². The molecule has 1 N–H and O–H groups in total. The normalized spacial score (nSPS) is 15.0. The van der Waals surface area contributed by atoms with Crippen LogP contribution in [0.25, 0.3) is 0 Å². The predicted octanol–water partition coefficient (Wildman–Crippen LogP) is 4.92. The summed E-state index contributed by atoms with van der Waals surface area (Å²) < 4.78 is 16.8. The molecule has 1 aliphatic rings. The fraction of sp³-hybridized carbons (Fsp3) is 0.296. The molecular formula is C27H30N2O4. The number of morpholine rings is 1. The third-order valence-corrected chi connectivity index (χ3v) is 5.91. The summed E-state index contributed by atoms with van der Waals surface area (Å²) >= 11 is 0. The Morgan fingerprint density at radius 2 is 1.73 bits per heavy atom. The molecular weight excluding hydrogens is 416 g/mol. The van der Waals surface area contributed by atoms with E-state index in [2.05, 4.69) is 29.3 Å². The number of carbonyl (C=O) groups excluding carboxylic acids is 1. The van der Waals surface area contributed by atoms with Crippen molar-refractivity contribution in [2.24, 2.45) is 0 Å². The van der Waals surface area contributed by atoms with Gasteiger partial charge < -0.3 is 19.5 Å². The largest absolute Gasteiger partial charge is 0.493 e. The number of amides is 1. The first-order valence-corrected chi connectivity index (χ1v) is 11.2. The molecule has 3 aromatic rings. The zero-order chi connectivity index (χ0) is 23.0. The van der Waals surface area contributed by atoms with Gasteiger partial charge in [-0.1, -0.05) is 42.5 Å². The Hall–Kier alpha value is -3.35. The first-order chi connectivity index (χ1) is 16.1. The molecule has 1 amide bonds. The number of hydrogen-bond donors (Lipinski definition) is 1. The smallest absolute Gasteiger partial charge is 0.255 e. The molecule has 0 radical (unpaired) electrons. The van der Waals surface area contributed by atoms with E-state index in [1.165, 1.54) is 5.56 Å². The van der Waals surface area contributed by atoms with Crippen LogP contribution in [0.5, 0.6) is 11.5 Å². The van der Waals surface area contributed by atoms with E-state index in [0.29, 0.717) is 29.7 Å². The van der Waals surface area contributed by atoms with Crippen molar-refractivity contribution in [3.05, 3.63) is 89.5 Å². The van der Waals surface area contributed by atoms with Crippen molar-refractivity contribution in [1.29, 1.82) is 0 Å². The summed E-state index contributed by atoms with van der Waals surface area (Å²) in [6.45, 7) is 6.06. The summed E-state index contributed by atoms with van der Waals surface area (Å²) in [6, 6.07) is 23.5. The molecule has 33 heavy (non-hydrogen) atoms. The standard InChI is InChI=1S/C27H30N2O4/c1-20(29-14-16-32-17-15-29)22-8-11-24(12-9-22)28-27(30)23-10-13-25(26(18-23)31-2)33-19-21-6-4-3-5-7-21/h3-13,18,20H,14-17,19H2,1-2H3,(H,28,30). The molecule has 0 saturated carbocycles. The Balaban J connectivity index is 1.38. The number of nitrogens with zero attached hydrogens (tertiary/aromatic N) is 1. The number of carbonyl (C=O) groups is 1. The molecule has 6 nitrogen and oxygen atoms in total. The van der Waals surface area contributed by atoms with Crippen LogP contribution in [-0.2, 0) is 11.3 Å². The summed E-state index contributed by atoms with van der Waals surface area (Å²) in [5.74, 6) is 0.921. The maximum Gasteiger partial charge on any atom is 0.255 e. The molecule has 6 heteroatoms. The Kier molecular flexibility index (Phi) is 7.60. The van der Waals surface area contributed by atoms with Crippen molar-refractivity contribution in [3.63, 3.8) is 0 Å². The van der Waals surface area contributed by atoms with Gasteiger partial charge in [0.2, 0.25) is 0 Å². The Morgan fingerprint density at radius 3 is 2.42 bits per heavy atom. The Morgan fingerprint density at radius 1 is 1.00 bits per heavy atom. The fourth-order valence-electron chi connectivity index (χ4n) is 3.89. The number of methoxy groups -OCH3 is 1. The number of nitrogens with one attached hydrogen (secondary N) is 1. The number of anilines is 1. The molecule has 0 spiro atoms. The number of hydrogen-bond acceptors (Lipinski definition) is 5. The van der Waals surface area contributed by atoms with Gasteiger partial charge in [-0.3, -0.25) is 9.69 Å². The van der Waals surface area contributed by atoms with Crippen molar-refractivity contribution in [2.75, 3.05) is 38.7 Å². The van der Waals surface area contributed by atoms with Crippen molar-refractivity contribution in [1.82, 2.24) is 4.90 Å². The lowest BCUT2D eigenvalue weighted by Crippen LogP contribution is -2.37. The molecule has 1 aliphatic heterocycles. The number of benzene rings is 3. The SMILES string of the molecule is COc1cc(C(=O)Nc2ccc(C(C)N3CCOCC3)cc2)ccc1OCc1ccccc1. The highest BCUT2D eigenvalue weighted by Crippen LogP contribution is 2.29. The minimum Gasteiger partial charge on any atom is -0.493 e. The Bertz CT molecular complexity index is 1050. The first-order valence-electron chi connectivity index (χ1n) is 11.2. The zero-order valence-corrected chi connectivity index (χ0v) is 19.1. The van der Waals surface area contributed by atoms with E-state index in [1.54, 1.807) is 25.3 Å². The van der Waals surface area contributed by atoms with Crippen molar-refractivity contribution >= 4 is 11.6 Å². The lowest BCUT2D eigenvalue weighted by atomic mass is 10.1. The lowest BCUT2D eigenvalue weighted by molar-refractivity contribution is 0.0198. The monoisotopic (exact) mass is 446 g/mol. The highest BCUT2D eigenvalue weighted by Gasteiger charge is 2.18. The van der Waals surface area contributed by atoms with E-state index >= 15 is 0 Å². The highest BCUT2D eigenvalue weighted by molar-refractivity contribution is 6.04. The molecule has 1 heterocycles. The van der Waals surface area contributed by atoms with Crippen LogP contribution >= 0.6 is 0 Å². The summed E-state index contributed by atoms with van der Waals surface area (Å²) in [4.78, 5) is 15.2. The van der Waals surface area contributed by atoms with Gasteiger partial charge in [-0.2, -0.15) is 0 Å². The van der Waals surface area contributed by atoms with Crippen LogP contribution in [0.3, 0.4) is 0 Å². The van der Waals surface area contributed by atoms with E-state index in [0.717, 1.165) is 37.6 Å². The average Bonchev–Trinajstić information content (AvgIpc) is 2.88. The molecule has 0 aliphatic carbocycles. The molecule has 1 atom stereocenters. The number of ether oxygens (including phenoxy) is 3. The molecule has 3 aromatic carbocycles. The fourth-order valence-corrected chi connectivity index (χ4v) is 3.89. The maximum atomic E-state index is 12.8. The summed E-state index contributed by atoms with van der Waals surface area (Å²) in [5.41, 5.74) is 3.54. The van der Waals surface area contributed by atoms with E-state index in [1.807, 2.05) is 42.5 Å². The van der Waals surface area contributed by atoms with Crippen LogP contribution in [0.2, 0.25) is 0 Å². The van der Waals surface area contributed by atoms with Crippen LogP contribution in [0.15, 0.2) is 72.8 Å². The topological polar surface area (TPSA) is 60.0 Å². The van der Waals surface area contributed by atoms with Gasteiger partial charge in [-0.05, 0) is 48.4 Å². The summed E-state index contributed by atoms with van der Waals surface area (Å²) in [5, 5.41) is 2.96. The van der Waals surface area contributed by atoms with E-state index in [9.17, 15) is 4.79 Å². The zero-order valence-electron chi connectivity index (χ0n) is 19.1. The third-order valence-electron chi connectivity index (χ3n) is 5.91. The molecule has 4 rings (SSSR count). The van der Waals surface area contributed by atoms with E-state index in [4.69, 9.17) is 14.2 Å². The van der Waals surface area contributed by atoms with Crippen molar-refractivity contribution in [3.8, 4) is 11.5 Å². The minimum absolute atomic E-state index is 0.197. The van der Waals surface area contributed by atoms with Gasteiger partial charge in [0, 0.05) is 30.4 Å². The number of rotatable bonds is 8. The molecule has 1 unspecified atom stereocenters. The molecule has 1 fully saturated rings. The first kappa shape index (κ1) is 22.8. The van der Waals surface area contributed by atoms with E-state index < -0.39 is 0 Å². The van der Waals surface area contributed by atoms with Crippen LogP contribution in [0.1, 0.15) is 34.5 Å². The van der Waals surface area contributed by atoms with Gasteiger partial charge in [0.05, 0.1) is 20.3 Å². The van der Waals surface area contributed by atoms with Crippen LogP contribution < -0.4 is 14.8 Å². The minimum atomic E-state index is -0.197. The maximum absolute atomic E-state index is 12.8. The second-order valence-electron chi connectivity index (χ2n) is 8.04. The van der Waals surface area contributed by atoms with Gasteiger partial charge in [-0.25, -0.2) is 0 Å². The lowest BCUT2D eigenvalue weighted by Gasteiger charge is -2.32. The van der Waals surface area contributed by atoms with Gasteiger partial charge in [-0.15, -0.1) is 0 Å². The molecule has 172 valence electrons. The second kappa shape index (κ2) is 11.0. The Labute approximate surface area is 195 Å². The van der Waals surface area contributed by atoms with Crippen LogP contribution in [-0.4, -0.2) is 44.2 Å². The average molecular weight is 447 g/mol. The van der Waals surface area contributed by atoms with Gasteiger partial charge in [0.1, 0.15) is 6.61 Å². The molecule has 0 bridgehead atoms. The predicted molar refractivity (Wildman–Crippen MR) is 129 cm³/mol. The molecule has 0 aromatic heterocycles. The van der Waals surface area contributed by atoms with Gasteiger partial charge in [0.15, 0.2) is 11.5 Å². The highest BCUT2D eigenvalue weighted by atomic mass is 16.5. The second-order valence-corrected chi connectivity index (χ2v) is 8.04. The van der Waals surface area contributed by atoms with Crippen molar-refractivity contribution in [2.45, 2.75) is 19.6 Å². The third kappa shape index (κ3) is 5.92. The quantitative estimate of drug-likeness (QED) is 0.532. The summed E-state index contributed by atoms with van der Waals surface area (Å²) in [7, 11) is 1.57. The summed E-state index contributed by atoms with van der Waals surface area (Å²) in [6.07, 6.45) is 0. The van der Waals surface area contributed by atoms with Crippen molar-refractivity contribution < 1.29 is 19.0 Å². The van der Waals surface area contributed by atoms with Crippen LogP contribution in [0, 0.1) is 0 Å². The van der Waals surface area contributed by atoms with Gasteiger partial charge >= 0.3 is 0 Å². The molecule has 1 saturated heterocycles. The van der Waals surface area contributed by atoms with E-state index in [-0.39, 0.29) is 5.91 Å².